The standard InChI is InChI=1S/C16H24FN2O2S/c1-13(2)12-19-9-7-14(8-10-19)11-18-22(20,21)16-5-3-15(17)4-6-16/h3-6,14,18H,7-12H2,1-2H3. The molecule has 6 heteroatoms. The Balaban J connectivity index is 1.82. The second kappa shape index (κ2) is 7.53. The van der Waals surface area contributed by atoms with E-state index < -0.39 is 15.8 Å². The number of nitrogens with one attached hydrogen (secondary N) is 1. The fourth-order valence-corrected chi connectivity index (χ4v) is 3.84. The van der Waals surface area contributed by atoms with Gasteiger partial charge in [0, 0.05) is 13.1 Å². The molecule has 1 N–H and O–H groups in total. The predicted molar refractivity (Wildman–Crippen MR) is 85.3 cm³/mol. The maximum atomic E-state index is 12.9. The molecule has 1 heterocycles. The van der Waals surface area contributed by atoms with Gasteiger partial charge in [0.1, 0.15) is 5.82 Å². The van der Waals surface area contributed by atoms with Crippen molar-refractivity contribution in [3.63, 3.8) is 0 Å². The smallest absolute Gasteiger partial charge is 0.240 e. The number of sulfonamides is 1. The number of rotatable bonds is 6. The molecule has 0 spiro atoms. The highest BCUT2D eigenvalue weighted by atomic mass is 32.2. The lowest BCUT2D eigenvalue weighted by atomic mass is 9.96. The number of halogens is 1. The number of piperidine rings is 1. The summed E-state index contributed by atoms with van der Waals surface area (Å²) in [5.41, 5.74) is 0. The van der Waals surface area contributed by atoms with Crippen LogP contribution in [0.25, 0.3) is 0 Å². The van der Waals surface area contributed by atoms with E-state index >= 15 is 0 Å². The van der Waals surface area contributed by atoms with E-state index in [0.29, 0.717) is 12.5 Å². The zero-order valence-corrected chi connectivity index (χ0v) is 14.0. The van der Waals surface area contributed by atoms with Crippen LogP contribution < -0.4 is 4.72 Å². The zero-order chi connectivity index (χ0) is 16.2. The van der Waals surface area contributed by atoms with Crippen LogP contribution in [0.2, 0.25) is 0 Å². The molecular formula is C16H24FN2O2S. The molecule has 1 aliphatic heterocycles. The molecule has 2 rings (SSSR count). The van der Waals surface area contributed by atoms with Gasteiger partial charge in [-0.25, -0.2) is 17.5 Å². The molecule has 1 fully saturated rings. The molecule has 4 nitrogen and oxygen atoms in total. The van der Waals surface area contributed by atoms with Crippen LogP contribution in [0.3, 0.4) is 0 Å². The molecule has 1 saturated heterocycles. The lowest BCUT2D eigenvalue weighted by Gasteiger charge is -2.32. The normalized spacial score (nSPS) is 18.0. The lowest BCUT2D eigenvalue weighted by Crippen LogP contribution is -2.39. The van der Waals surface area contributed by atoms with Crippen molar-refractivity contribution in [2.75, 3.05) is 26.2 Å². The van der Waals surface area contributed by atoms with Gasteiger partial charge in [0.2, 0.25) is 10.0 Å². The van der Waals surface area contributed by atoms with Crippen molar-refractivity contribution in [1.82, 2.24) is 9.62 Å². The van der Waals surface area contributed by atoms with Crippen molar-refractivity contribution in [3.8, 4) is 0 Å². The third kappa shape index (κ3) is 5.04. The Morgan fingerprint density at radius 2 is 1.82 bits per heavy atom. The van der Waals surface area contributed by atoms with Crippen molar-refractivity contribution in [2.24, 2.45) is 5.92 Å². The monoisotopic (exact) mass is 327 g/mol. The molecule has 0 atom stereocenters. The van der Waals surface area contributed by atoms with E-state index in [4.69, 9.17) is 0 Å². The molecule has 1 aromatic carbocycles. The minimum atomic E-state index is -3.54. The number of benzene rings is 1. The highest BCUT2D eigenvalue weighted by Crippen LogP contribution is 2.18. The van der Waals surface area contributed by atoms with E-state index in [-0.39, 0.29) is 4.90 Å². The number of likely N-dealkylation sites (tertiary alicyclic amines) is 1. The van der Waals surface area contributed by atoms with Crippen molar-refractivity contribution >= 4 is 10.0 Å². The minimum absolute atomic E-state index is 0.113. The van der Waals surface area contributed by atoms with Crippen LogP contribution in [0.1, 0.15) is 26.7 Å². The Bertz CT molecular complexity index is 564. The first-order valence-corrected chi connectivity index (χ1v) is 9.12. The quantitative estimate of drug-likeness (QED) is 0.873. The van der Waals surface area contributed by atoms with Gasteiger partial charge in [-0.05, 0) is 62.0 Å². The SMILES string of the molecule is C[C](C)CN1CCC(CNS(=O)(=O)c2ccc(F)cc2)CC1. The molecular weight excluding hydrogens is 303 g/mol. The third-order valence-corrected chi connectivity index (χ3v) is 5.37. The predicted octanol–water partition coefficient (Wildman–Crippen LogP) is 2.43. The summed E-state index contributed by atoms with van der Waals surface area (Å²) >= 11 is 0. The first-order valence-electron chi connectivity index (χ1n) is 7.63. The fourth-order valence-electron chi connectivity index (χ4n) is 2.72. The van der Waals surface area contributed by atoms with Crippen LogP contribution in [0.4, 0.5) is 4.39 Å². The highest BCUT2D eigenvalue weighted by molar-refractivity contribution is 7.89. The molecule has 0 amide bonds. The van der Waals surface area contributed by atoms with Gasteiger partial charge >= 0.3 is 0 Å². The second-order valence-corrected chi connectivity index (χ2v) is 8.00. The summed E-state index contributed by atoms with van der Waals surface area (Å²) in [6, 6.07) is 4.91. The van der Waals surface area contributed by atoms with E-state index in [1.54, 1.807) is 0 Å². The molecule has 0 bridgehead atoms. The molecule has 123 valence electrons. The minimum Gasteiger partial charge on any atom is -0.303 e. The summed E-state index contributed by atoms with van der Waals surface area (Å²) in [6.45, 7) is 7.74. The largest absolute Gasteiger partial charge is 0.303 e. The van der Waals surface area contributed by atoms with Crippen LogP contribution >= 0.6 is 0 Å². The molecule has 1 aromatic rings. The van der Waals surface area contributed by atoms with Gasteiger partial charge in [0.25, 0.3) is 0 Å². The summed E-state index contributed by atoms with van der Waals surface area (Å²) in [7, 11) is -3.54. The Morgan fingerprint density at radius 1 is 1.23 bits per heavy atom. The molecule has 22 heavy (non-hydrogen) atoms. The Labute approximate surface area is 132 Å². The molecule has 0 unspecified atom stereocenters. The van der Waals surface area contributed by atoms with Crippen molar-refractivity contribution < 1.29 is 12.8 Å². The third-order valence-electron chi connectivity index (χ3n) is 3.93. The fraction of sp³-hybridized carbons (Fsp3) is 0.562. The number of nitrogens with zero attached hydrogens (tertiary/aromatic N) is 1. The van der Waals surface area contributed by atoms with Gasteiger partial charge in [-0.15, -0.1) is 0 Å². The molecule has 1 aliphatic rings. The van der Waals surface area contributed by atoms with E-state index in [9.17, 15) is 12.8 Å². The average molecular weight is 327 g/mol. The van der Waals surface area contributed by atoms with Gasteiger partial charge in [0.15, 0.2) is 0 Å². The Hall–Kier alpha value is -0.980. The molecule has 0 saturated carbocycles. The van der Waals surface area contributed by atoms with E-state index in [2.05, 4.69) is 23.5 Å². The summed E-state index contributed by atoms with van der Waals surface area (Å²) in [4.78, 5) is 2.52. The van der Waals surface area contributed by atoms with Gasteiger partial charge in [-0.2, -0.15) is 0 Å². The summed E-state index contributed by atoms with van der Waals surface area (Å²) in [5, 5.41) is 0. The van der Waals surface area contributed by atoms with Crippen LogP contribution in [-0.2, 0) is 10.0 Å². The Morgan fingerprint density at radius 3 is 2.36 bits per heavy atom. The molecule has 0 aliphatic carbocycles. The van der Waals surface area contributed by atoms with Gasteiger partial charge in [0.05, 0.1) is 4.90 Å². The van der Waals surface area contributed by atoms with E-state index in [1.165, 1.54) is 18.1 Å². The first-order chi connectivity index (χ1) is 10.4. The van der Waals surface area contributed by atoms with Crippen LogP contribution in [0.5, 0.6) is 0 Å². The highest BCUT2D eigenvalue weighted by Gasteiger charge is 2.22. The summed E-state index contributed by atoms with van der Waals surface area (Å²) in [5.74, 6) is 1.33. The van der Waals surface area contributed by atoms with Gasteiger partial charge in [-0.3, -0.25) is 0 Å². The number of hydrogen-bond acceptors (Lipinski definition) is 3. The van der Waals surface area contributed by atoms with Crippen molar-refractivity contribution in [1.29, 1.82) is 0 Å². The second-order valence-electron chi connectivity index (χ2n) is 6.23. The van der Waals surface area contributed by atoms with Gasteiger partial charge in [-0.1, -0.05) is 13.8 Å². The van der Waals surface area contributed by atoms with Crippen LogP contribution in [0, 0.1) is 17.7 Å². The van der Waals surface area contributed by atoms with Gasteiger partial charge < -0.3 is 4.90 Å². The summed E-state index contributed by atoms with van der Waals surface area (Å²) < 4.78 is 39.8. The maximum Gasteiger partial charge on any atom is 0.240 e. The van der Waals surface area contributed by atoms with Crippen molar-refractivity contribution in [3.05, 3.63) is 36.0 Å². The molecule has 1 radical (unpaired) electrons. The lowest BCUT2D eigenvalue weighted by molar-refractivity contribution is 0.192. The van der Waals surface area contributed by atoms with Crippen LogP contribution in [-0.4, -0.2) is 39.5 Å². The van der Waals surface area contributed by atoms with E-state index in [1.807, 2.05) is 0 Å². The maximum absolute atomic E-state index is 12.9. The zero-order valence-electron chi connectivity index (χ0n) is 13.2. The molecule has 0 aromatic heterocycles. The first kappa shape index (κ1) is 17.4. The average Bonchev–Trinajstić information content (AvgIpc) is 2.46. The van der Waals surface area contributed by atoms with Crippen molar-refractivity contribution in [2.45, 2.75) is 31.6 Å². The van der Waals surface area contributed by atoms with Crippen LogP contribution in [0.15, 0.2) is 29.2 Å². The van der Waals surface area contributed by atoms with E-state index in [0.717, 1.165) is 44.6 Å². The Kier molecular flexibility index (Phi) is 5.94. The summed E-state index contributed by atoms with van der Waals surface area (Å²) in [6.07, 6.45) is 2.00. The number of hydrogen-bond donors (Lipinski definition) is 1. The topological polar surface area (TPSA) is 49.4 Å².